The number of dihydropyridines is 1. The molecule has 164 valence electrons. The number of ether oxygens (including phenoxy) is 1. The number of carbonyl (C=O) groups is 2. The van der Waals surface area contributed by atoms with Crippen molar-refractivity contribution in [1.29, 1.82) is 0 Å². The zero-order valence-corrected chi connectivity index (χ0v) is 18.1. The first-order chi connectivity index (χ1) is 15.4. The lowest BCUT2D eigenvalue weighted by Crippen LogP contribution is -2.34. The van der Waals surface area contributed by atoms with Gasteiger partial charge in [0.2, 0.25) is 0 Å². The average Bonchev–Trinajstić information content (AvgIpc) is 2.77. The molecule has 1 atom stereocenters. The predicted octanol–water partition coefficient (Wildman–Crippen LogP) is 4.96. The van der Waals surface area contributed by atoms with E-state index in [4.69, 9.17) is 16.3 Å². The van der Waals surface area contributed by atoms with Crippen LogP contribution in [0, 0.1) is 10.1 Å². The van der Waals surface area contributed by atoms with Gasteiger partial charge in [0.25, 0.3) is 5.69 Å². The number of ketones is 1. The number of nitro benzene ring substituents is 1. The fraction of sp³-hybridized carbons (Fsp3) is 0.250. The van der Waals surface area contributed by atoms with Crippen LogP contribution in [0.1, 0.15) is 43.2 Å². The number of carbonyl (C=O) groups excluding carboxylic acids is 2. The van der Waals surface area contributed by atoms with E-state index in [1.165, 1.54) is 12.1 Å². The number of halogens is 1. The van der Waals surface area contributed by atoms with Crippen LogP contribution in [0.4, 0.5) is 5.69 Å². The molecule has 1 N–H and O–H groups in total. The van der Waals surface area contributed by atoms with Crippen LogP contribution in [0.3, 0.4) is 0 Å². The zero-order chi connectivity index (χ0) is 22.8. The molecule has 1 aliphatic heterocycles. The molecule has 0 aromatic heterocycles. The fourth-order valence-electron chi connectivity index (χ4n) is 4.24. The molecule has 0 radical (unpaired) electrons. The summed E-state index contributed by atoms with van der Waals surface area (Å²) in [5.41, 5.74) is 3.06. The Morgan fingerprint density at radius 2 is 1.97 bits per heavy atom. The number of hydrogen-bond acceptors (Lipinski definition) is 6. The number of hydrogen-bond donors (Lipinski definition) is 1. The maximum absolute atomic E-state index is 13.2. The average molecular weight is 453 g/mol. The third-order valence-corrected chi connectivity index (χ3v) is 6.03. The highest BCUT2D eigenvalue weighted by Gasteiger charge is 2.39. The lowest BCUT2D eigenvalue weighted by Gasteiger charge is -2.34. The number of rotatable bonds is 5. The van der Waals surface area contributed by atoms with Gasteiger partial charge in [-0.1, -0.05) is 48.0 Å². The Labute approximate surface area is 189 Å². The van der Waals surface area contributed by atoms with E-state index in [9.17, 15) is 19.7 Å². The van der Waals surface area contributed by atoms with Crippen LogP contribution < -0.4 is 5.32 Å². The summed E-state index contributed by atoms with van der Waals surface area (Å²) in [6, 6.07) is 13.6. The molecule has 0 fully saturated rings. The Hall–Kier alpha value is -3.45. The van der Waals surface area contributed by atoms with E-state index in [1.54, 1.807) is 13.0 Å². The van der Waals surface area contributed by atoms with Crippen LogP contribution in [-0.4, -0.2) is 16.7 Å². The summed E-state index contributed by atoms with van der Waals surface area (Å²) in [6.45, 7) is 1.82. The van der Waals surface area contributed by atoms with Gasteiger partial charge in [0.15, 0.2) is 5.78 Å². The molecule has 0 bridgehead atoms. The van der Waals surface area contributed by atoms with E-state index in [2.05, 4.69) is 5.32 Å². The van der Waals surface area contributed by atoms with E-state index in [0.29, 0.717) is 36.1 Å². The summed E-state index contributed by atoms with van der Waals surface area (Å²) < 4.78 is 5.58. The van der Waals surface area contributed by atoms with Crippen LogP contribution in [0.15, 0.2) is 71.1 Å². The number of Topliss-reactive ketones (excluding diaryl/α,β-unsaturated/α-hetero) is 1. The second kappa shape index (κ2) is 8.96. The predicted molar refractivity (Wildman–Crippen MR) is 119 cm³/mol. The van der Waals surface area contributed by atoms with Crippen LogP contribution in [-0.2, 0) is 20.9 Å². The molecule has 0 saturated heterocycles. The molecule has 8 heteroatoms. The molecular formula is C24H21ClN2O5. The minimum atomic E-state index is -0.765. The molecule has 2 aromatic rings. The standard InChI is InChI=1S/C24H21ClN2O5/c1-14-21(24(29)32-13-15-6-3-2-4-7-15)22(23-18(26-14)8-5-9-20(23)28)16-10-11-17(25)19(12-16)27(30)31/h2-4,6-7,10-12,22,26H,5,8-9,13H2,1H3/t22-/m1/s1. The van der Waals surface area contributed by atoms with Gasteiger partial charge in [-0.3, -0.25) is 14.9 Å². The SMILES string of the molecule is CC1=C(C(=O)OCc2ccccc2)[C@@H](c2ccc(Cl)c([N+](=O)[O-])c2)C2=C(CCCC2=O)N1. The Kier molecular flexibility index (Phi) is 6.10. The van der Waals surface area contributed by atoms with Gasteiger partial charge < -0.3 is 10.1 Å². The monoisotopic (exact) mass is 452 g/mol. The molecule has 0 spiro atoms. The number of nitrogens with one attached hydrogen (secondary N) is 1. The molecule has 0 amide bonds. The van der Waals surface area contributed by atoms with Crippen molar-refractivity contribution in [1.82, 2.24) is 5.32 Å². The molecule has 2 aliphatic rings. The van der Waals surface area contributed by atoms with E-state index >= 15 is 0 Å². The first kappa shape index (κ1) is 21.8. The quantitative estimate of drug-likeness (QED) is 0.391. The number of nitro groups is 1. The van der Waals surface area contributed by atoms with Crippen LogP contribution in [0.2, 0.25) is 5.02 Å². The van der Waals surface area contributed by atoms with E-state index in [-0.39, 0.29) is 28.7 Å². The van der Waals surface area contributed by atoms with Crippen molar-refractivity contribution < 1.29 is 19.2 Å². The molecule has 1 aliphatic carbocycles. The van der Waals surface area contributed by atoms with Crippen LogP contribution in [0.25, 0.3) is 0 Å². The number of esters is 1. The summed E-state index contributed by atoms with van der Waals surface area (Å²) in [4.78, 5) is 37.0. The summed E-state index contributed by atoms with van der Waals surface area (Å²) in [7, 11) is 0. The molecule has 32 heavy (non-hydrogen) atoms. The molecule has 1 heterocycles. The lowest BCUT2D eigenvalue weighted by molar-refractivity contribution is -0.384. The van der Waals surface area contributed by atoms with Gasteiger partial charge in [0.1, 0.15) is 11.6 Å². The normalized spacial score (nSPS) is 18.2. The summed E-state index contributed by atoms with van der Waals surface area (Å²) >= 11 is 6.00. The van der Waals surface area contributed by atoms with Crippen LogP contribution in [0.5, 0.6) is 0 Å². The highest BCUT2D eigenvalue weighted by Crippen LogP contribution is 2.44. The minimum Gasteiger partial charge on any atom is -0.457 e. The van der Waals surface area contributed by atoms with Crippen molar-refractivity contribution >= 4 is 29.0 Å². The minimum absolute atomic E-state index is 0.00855. The smallest absolute Gasteiger partial charge is 0.337 e. The van der Waals surface area contributed by atoms with Gasteiger partial charge in [0.05, 0.1) is 10.5 Å². The van der Waals surface area contributed by atoms with Crippen LogP contribution >= 0.6 is 11.6 Å². The van der Waals surface area contributed by atoms with Crippen molar-refractivity contribution in [2.75, 3.05) is 0 Å². The van der Waals surface area contributed by atoms with Gasteiger partial charge in [-0.2, -0.15) is 0 Å². The van der Waals surface area contributed by atoms with Crippen molar-refractivity contribution in [2.45, 2.75) is 38.7 Å². The first-order valence-corrected chi connectivity index (χ1v) is 10.6. The third kappa shape index (κ3) is 4.16. The number of nitrogens with zero attached hydrogens (tertiary/aromatic N) is 1. The summed E-state index contributed by atoms with van der Waals surface area (Å²) in [5.74, 6) is -1.42. The van der Waals surface area contributed by atoms with Crippen molar-refractivity contribution in [2.24, 2.45) is 0 Å². The van der Waals surface area contributed by atoms with Crippen molar-refractivity contribution in [3.8, 4) is 0 Å². The Morgan fingerprint density at radius 1 is 1.22 bits per heavy atom. The van der Waals surface area contributed by atoms with Crippen molar-refractivity contribution in [3.63, 3.8) is 0 Å². The summed E-state index contributed by atoms with van der Waals surface area (Å²) in [6.07, 6.45) is 1.73. The molecule has 2 aromatic carbocycles. The van der Waals surface area contributed by atoms with Gasteiger partial charge in [-0.05, 0) is 37.0 Å². The van der Waals surface area contributed by atoms with Gasteiger partial charge in [-0.25, -0.2) is 4.79 Å². The second-order valence-corrected chi connectivity index (χ2v) is 8.20. The lowest BCUT2D eigenvalue weighted by atomic mass is 9.75. The highest BCUT2D eigenvalue weighted by molar-refractivity contribution is 6.32. The Bertz CT molecular complexity index is 1170. The Morgan fingerprint density at radius 3 is 2.69 bits per heavy atom. The maximum Gasteiger partial charge on any atom is 0.337 e. The van der Waals surface area contributed by atoms with Gasteiger partial charge in [0, 0.05) is 35.4 Å². The zero-order valence-electron chi connectivity index (χ0n) is 17.4. The third-order valence-electron chi connectivity index (χ3n) is 5.71. The van der Waals surface area contributed by atoms with E-state index in [0.717, 1.165) is 11.3 Å². The fourth-order valence-corrected chi connectivity index (χ4v) is 4.42. The largest absolute Gasteiger partial charge is 0.457 e. The topological polar surface area (TPSA) is 98.5 Å². The van der Waals surface area contributed by atoms with Gasteiger partial charge >= 0.3 is 5.97 Å². The van der Waals surface area contributed by atoms with Crippen molar-refractivity contribution in [3.05, 3.63) is 97.3 Å². The second-order valence-electron chi connectivity index (χ2n) is 7.80. The maximum atomic E-state index is 13.2. The van der Waals surface area contributed by atoms with E-state index < -0.39 is 16.8 Å². The van der Waals surface area contributed by atoms with E-state index in [1.807, 2.05) is 30.3 Å². The molecule has 0 unspecified atom stereocenters. The molecular weight excluding hydrogens is 432 g/mol. The van der Waals surface area contributed by atoms with Gasteiger partial charge in [-0.15, -0.1) is 0 Å². The molecule has 7 nitrogen and oxygen atoms in total. The summed E-state index contributed by atoms with van der Waals surface area (Å²) in [5, 5.41) is 14.7. The molecule has 0 saturated carbocycles. The highest BCUT2D eigenvalue weighted by atomic mass is 35.5. The Balaban J connectivity index is 1.77. The number of benzene rings is 2. The first-order valence-electron chi connectivity index (χ1n) is 10.3. The number of allylic oxidation sites excluding steroid dienone is 3. The molecule has 4 rings (SSSR count).